The van der Waals surface area contributed by atoms with Gasteiger partial charge in [-0.2, -0.15) is 0 Å². The summed E-state index contributed by atoms with van der Waals surface area (Å²) in [4.78, 5) is 0. The monoisotopic (exact) mass is 459 g/mol. The fourth-order valence-electron chi connectivity index (χ4n) is 4.51. The third-order valence-corrected chi connectivity index (χ3v) is 25.3. The van der Waals surface area contributed by atoms with Crippen molar-refractivity contribution in [3.05, 3.63) is 114 Å². The summed E-state index contributed by atoms with van der Waals surface area (Å²) in [5, 5.41) is 0. The molecular formula is C26H29SiZr. The minimum absolute atomic E-state index is 0.684. The number of rotatable bonds is 7. The van der Waals surface area contributed by atoms with Gasteiger partial charge in [-0.05, 0) is 0 Å². The van der Waals surface area contributed by atoms with Gasteiger partial charge in [0.05, 0.1) is 0 Å². The molecule has 0 saturated heterocycles. The van der Waals surface area contributed by atoms with Gasteiger partial charge in [-0.15, -0.1) is 0 Å². The molecule has 4 rings (SSSR count). The quantitative estimate of drug-likeness (QED) is 0.414. The predicted octanol–water partition coefficient (Wildman–Crippen LogP) is 6.50. The molecule has 0 N–H and O–H groups in total. The van der Waals surface area contributed by atoms with Crippen molar-refractivity contribution in [2.45, 2.75) is 38.8 Å². The molecule has 2 aliphatic carbocycles. The van der Waals surface area contributed by atoms with Crippen LogP contribution in [0.5, 0.6) is 0 Å². The first kappa shape index (κ1) is 19.8. The Morgan fingerprint density at radius 3 is 1.50 bits per heavy atom. The third kappa shape index (κ3) is 4.56. The van der Waals surface area contributed by atoms with Crippen LogP contribution in [-0.4, -0.2) is 5.92 Å². The Labute approximate surface area is 178 Å². The van der Waals surface area contributed by atoms with Crippen LogP contribution in [0, 0.1) is 0 Å². The molecule has 0 aromatic heterocycles. The second-order valence-corrected chi connectivity index (χ2v) is 27.4. The Kier molecular flexibility index (Phi) is 6.60. The first-order valence-corrected chi connectivity index (χ1v) is 20.0. The Balaban J connectivity index is 1.66. The van der Waals surface area contributed by atoms with Gasteiger partial charge in [0, 0.05) is 0 Å². The molecule has 0 spiro atoms. The van der Waals surface area contributed by atoms with Gasteiger partial charge in [-0.3, -0.25) is 0 Å². The van der Waals surface area contributed by atoms with E-state index < -0.39 is 26.8 Å². The fourth-order valence-corrected chi connectivity index (χ4v) is 24.9. The molecule has 0 atom stereocenters. The zero-order valence-electron chi connectivity index (χ0n) is 17.0. The maximum atomic E-state index is 2.62. The van der Waals surface area contributed by atoms with Gasteiger partial charge in [-0.1, -0.05) is 0 Å². The molecule has 0 saturated carbocycles. The van der Waals surface area contributed by atoms with Gasteiger partial charge < -0.3 is 0 Å². The van der Waals surface area contributed by atoms with Crippen LogP contribution in [0.4, 0.5) is 0 Å². The van der Waals surface area contributed by atoms with E-state index in [0.29, 0.717) is 0 Å². The molecule has 0 nitrogen and oxygen atoms in total. The van der Waals surface area contributed by atoms with Crippen molar-refractivity contribution >= 4 is 5.92 Å². The summed E-state index contributed by atoms with van der Waals surface area (Å²) in [6.45, 7) is 5.23. The Hall–Kier alpha value is -1.50. The zero-order chi connectivity index (χ0) is 19.3. The zero-order valence-corrected chi connectivity index (χ0v) is 20.6. The van der Waals surface area contributed by atoms with Crippen LogP contribution < -0.4 is 0 Å². The van der Waals surface area contributed by atoms with E-state index in [4.69, 9.17) is 0 Å². The second-order valence-electron chi connectivity index (χ2n) is 8.11. The summed E-state index contributed by atoms with van der Waals surface area (Å²) in [6, 6.07) is 22.1. The summed E-state index contributed by atoms with van der Waals surface area (Å²) in [7, 11) is 0. The van der Waals surface area contributed by atoms with E-state index in [9.17, 15) is 0 Å². The minimum atomic E-state index is -1.75. The maximum absolute atomic E-state index is 2.62. The van der Waals surface area contributed by atoms with Crippen molar-refractivity contribution in [2.24, 2.45) is 0 Å². The summed E-state index contributed by atoms with van der Waals surface area (Å²) in [5.41, 5.74) is 6.22. The van der Waals surface area contributed by atoms with Gasteiger partial charge in [0.1, 0.15) is 0 Å². The van der Waals surface area contributed by atoms with Gasteiger partial charge in [0.2, 0.25) is 0 Å². The van der Waals surface area contributed by atoms with Crippen LogP contribution in [0.25, 0.3) is 0 Å². The number of benzene rings is 2. The molecule has 0 amide bonds. The van der Waals surface area contributed by atoms with E-state index in [1.54, 1.807) is 11.1 Å². The Morgan fingerprint density at radius 1 is 0.679 bits per heavy atom. The first-order valence-electron chi connectivity index (χ1n) is 10.4. The van der Waals surface area contributed by atoms with Crippen LogP contribution in [0.2, 0.25) is 13.1 Å². The van der Waals surface area contributed by atoms with Gasteiger partial charge >= 0.3 is 179 Å². The number of allylic oxidation sites excluding steroid dienone is 8. The SMILES string of the molecule is C[SiH](C)[Zr]([C]1=C(Cc2ccccc2)C=CC1)[C]1=C(Cc2ccccc2)C=CC1. The average Bonchev–Trinajstić information content (AvgIpc) is 3.34. The van der Waals surface area contributed by atoms with Crippen molar-refractivity contribution in [2.75, 3.05) is 0 Å². The topological polar surface area (TPSA) is 0 Å². The van der Waals surface area contributed by atoms with Crippen molar-refractivity contribution in [1.82, 2.24) is 0 Å². The molecule has 0 unspecified atom stereocenters. The van der Waals surface area contributed by atoms with Gasteiger partial charge in [-0.25, -0.2) is 0 Å². The van der Waals surface area contributed by atoms with Gasteiger partial charge in [0.15, 0.2) is 0 Å². The van der Waals surface area contributed by atoms with E-state index in [-0.39, 0.29) is 0 Å². The third-order valence-electron chi connectivity index (χ3n) is 5.76. The fraction of sp³-hybridized carbons (Fsp3) is 0.231. The molecule has 0 heterocycles. The van der Waals surface area contributed by atoms with E-state index in [1.807, 2.05) is 6.56 Å². The number of hydrogen-bond acceptors (Lipinski definition) is 0. The standard InChI is InChI=1S/2C12H11.C2H7Si.Zr/c2*1-2-6-11(7-3-1)10-12-8-4-5-9-12;1-3-2;/h2*1-4,6-8H,5,10H2;3H,1-2H3;. The van der Waals surface area contributed by atoms with Crippen LogP contribution in [-0.2, 0) is 33.8 Å². The molecule has 2 heteroatoms. The molecule has 0 aliphatic heterocycles. The van der Waals surface area contributed by atoms with E-state index >= 15 is 0 Å². The van der Waals surface area contributed by atoms with Crippen molar-refractivity contribution in [3.8, 4) is 0 Å². The molecule has 0 bridgehead atoms. The van der Waals surface area contributed by atoms with Crippen LogP contribution >= 0.6 is 0 Å². The second kappa shape index (κ2) is 9.33. The summed E-state index contributed by atoms with van der Waals surface area (Å²) in [5.74, 6) is -0.684. The van der Waals surface area contributed by atoms with Crippen LogP contribution in [0.3, 0.4) is 0 Å². The Morgan fingerprint density at radius 2 is 1.11 bits per heavy atom. The predicted molar refractivity (Wildman–Crippen MR) is 121 cm³/mol. The molecule has 2 aromatic rings. The Bertz CT molecular complexity index is 857. The molecular weight excluding hydrogens is 432 g/mol. The van der Waals surface area contributed by atoms with Crippen molar-refractivity contribution in [3.63, 3.8) is 0 Å². The van der Waals surface area contributed by atoms with Gasteiger partial charge in [0.25, 0.3) is 0 Å². The van der Waals surface area contributed by atoms with Crippen molar-refractivity contribution in [1.29, 1.82) is 0 Å². The molecule has 0 radical (unpaired) electrons. The molecule has 2 aliphatic rings. The summed E-state index contributed by atoms with van der Waals surface area (Å²) >= 11 is -1.75. The summed E-state index contributed by atoms with van der Waals surface area (Å²) in [6.07, 6.45) is 14.4. The van der Waals surface area contributed by atoms with E-state index in [2.05, 4.69) is 98.1 Å². The molecule has 141 valence electrons. The molecule has 2 aromatic carbocycles. The normalized spacial score (nSPS) is 16.0. The van der Waals surface area contributed by atoms with Crippen molar-refractivity contribution < 1.29 is 20.9 Å². The molecule has 0 fully saturated rings. The van der Waals surface area contributed by atoms with Crippen LogP contribution in [0.15, 0.2) is 103 Å². The van der Waals surface area contributed by atoms with E-state index in [0.717, 1.165) is 12.8 Å². The first-order chi connectivity index (χ1) is 13.7. The summed E-state index contributed by atoms with van der Waals surface area (Å²) < 4.78 is 3.80. The van der Waals surface area contributed by atoms with Crippen LogP contribution in [0.1, 0.15) is 24.0 Å². The number of hydrogen-bond donors (Lipinski definition) is 0. The van der Waals surface area contributed by atoms with E-state index in [1.165, 1.54) is 24.0 Å². The average molecular weight is 461 g/mol. The molecule has 28 heavy (non-hydrogen) atoms.